The third kappa shape index (κ3) is 3.62. The smallest absolute Gasteiger partial charge is 0.244 e. The van der Waals surface area contributed by atoms with E-state index in [9.17, 15) is 4.79 Å². The van der Waals surface area contributed by atoms with Gasteiger partial charge < -0.3 is 5.32 Å². The highest BCUT2D eigenvalue weighted by atomic mass is 16.2. The molecule has 0 fully saturated rings. The zero-order valence-electron chi connectivity index (χ0n) is 15.5. The number of carbonyl (C=O) groups is 1. The molecule has 2 aromatic rings. The molecule has 3 nitrogen and oxygen atoms in total. The zero-order chi connectivity index (χ0) is 17.9. The van der Waals surface area contributed by atoms with Crippen molar-refractivity contribution >= 4 is 5.91 Å². The number of carbonyl (C=O) groups excluding carboxylic acids is 1. The number of likely N-dealkylation sites (N-methyl/N-ethyl adjacent to an activating group) is 1. The first kappa shape index (κ1) is 17.7. The molecule has 0 aromatic heterocycles. The van der Waals surface area contributed by atoms with Gasteiger partial charge in [0, 0.05) is 6.54 Å². The summed E-state index contributed by atoms with van der Waals surface area (Å²) in [4.78, 5) is 14.9. The number of fused-ring (bicyclic) bond motifs is 1. The molecule has 0 spiro atoms. The van der Waals surface area contributed by atoms with Crippen LogP contribution in [0, 0.1) is 5.92 Å². The Morgan fingerprint density at radius 3 is 2.16 bits per heavy atom. The van der Waals surface area contributed by atoms with Gasteiger partial charge in [0.05, 0.1) is 0 Å². The van der Waals surface area contributed by atoms with Gasteiger partial charge in [-0.3, -0.25) is 9.69 Å². The summed E-state index contributed by atoms with van der Waals surface area (Å²) in [5.74, 6) is 0.708. The minimum Gasteiger partial charge on any atom is -0.354 e. The van der Waals surface area contributed by atoms with Gasteiger partial charge in [0.1, 0.15) is 5.54 Å². The Kier molecular flexibility index (Phi) is 5.24. The Balaban J connectivity index is 1.58. The zero-order valence-corrected chi connectivity index (χ0v) is 15.5. The average molecular weight is 336 g/mol. The van der Waals surface area contributed by atoms with Crippen LogP contribution in [0.4, 0.5) is 0 Å². The molecule has 3 rings (SSSR count). The molecule has 0 radical (unpaired) electrons. The van der Waals surface area contributed by atoms with E-state index in [1.54, 1.807) is 0 Å². The molecule has 1 amide bonds. The first-order valence-corrected chi connectivity index (χ1v) is 9.10. The number of hydrogen-bond donors (Lipinski definition) is 1. The Labute approximate surface area is 151 Å². The van der Waals surface area contributed by atoms with Gasteiger partial charge >= 0.3 is 0 Å². The van der Waals surface area contributed by atoms with Crippen LogP contribution >= 0.6 is 0 Å². The fraction of sp³-hybridized carbons (Fsp3) is 0.409. The standard InChI is InChI=1S/C22H28N2O/c1-22(24(2)3,20-11-5-4-6-12-20)21(25)23-14-13-17-15-18-9-7-8-10-19(18)16-17/h4-12,17H,13-16H2,1-3H3,(H,23,25). The van der Waals surface area contributed by atoms with Gasteiger partial charge in [-0.05, 0) is 62.9 Å². The molecule has 0 saturated heterocycles. The van der Waals surface area contributed by atoms with E-state index in [4.69, 9.17) is 0 Å². The maximum Gasteiger partial charge on any atom is 0.244 e. The lowest BCUT2D eigenvalue weighted by molar-refractivity contribution is -0.131. The van der Waals surface area contributed by atoms with E-state index < -0.39 is 5.54 Å². The molecule has 0 aliphatic heterocycles. The number of hydrogen-bond acceptors (Lipinski definition) is 2. The molecule has 132 valence electrons. The second kappa shape index (κ2) is 7.40. The average Bonchev–Trinajstić information content (AvgIpc) is 3.04. The second-order valence-electron chi connectivity index (χ2n) is 7.42. The lowest BCUT2D eigenvalue weighted by Crippen LogP contribution is -2.51. The van der Waals surface area contributed by atoms with Crippen LogP contribution in [0.5, 0.6) is 0 Å². The Bertz CT molecular complexity index is 701. The van der Waals surface area contributed by atoms with Crippen LogP contribution in [-0.2, 0) is 23.2 Å². The summed E-state index contributed by atoms with van der Waals surface area (Å²) < 4.78 is 0. The first-order valence-electron chi connectivity index (χ1n) is 9.10. The topological polar surface area (TPSA) is 32.3 Å². The molecule has 1 atom stereocenters. The summed E-state index contributed by atoms with van der Waals surface area (Å²) in [6.45, 7) is 2.72. The highest BCUT2D eigenvalue weighted by Gasteiger charge is 2.37. The molecule has 0 bridgehead atoms. The van der Waals surface area contributed by atoms with Crippen molar-refractivity contribution in [1.29, 1.82) is 0 Å². The minimum absolute atomic E-state index is 0.0687. The van der Waals surface area contributed by atoms with Crippen molar-refractivity contribution in [2.45, 2.75) is 31.7 Å². The number of amides is 1. The van der Waals surface area contributed by atoms with Crippen LogP contribution in [0.1, 0.15) is 30.0 Å². The van der Waals surface area contributed by atoms with Crippen LogP contribution in [0.15, 0.2) is 54.6 Å². The quantitative estimate of drug-likeness (QED) is 0.877. The van der Waals surface area contributed by atoms with Gasteiger partial charge in [0.2, 0.25) is 5.91 Å². The maximum absolute atomic E-state index is 12.9. The molecule has 1 aliphatic rings. The third-order valence-corrected chi connectivity index (χ3v) is 5.65. The predicted octanol–water partition coefficient (Wildman–Crippen LogP) is 3.38. The van der Waals surface area contributed by atoms with Crippen molar-refractivity contribution in [2.24, 2.45) is 5.92 Å². The van der Waals surface area contributed by atoms with E-state index in [1.807, 2.05) is 56.3 Å². The summed E-state index contributed by atoms with van der Waals surface area (Å²) in [6.07, 6.45) is 3.30. The van der Waals surface area contributed by atoms with E-state index >= 15 is 0 Å². The molecule has 3 heteroatoms. The summed E-state index contributed by atoms with van der Waals surface area (Å²) in [6, 6.07) is 18.7. The Morgan fingerprint density at radius 2 is 1.60 bits per heavy atom. The molecule has 1 N–H and O–H groups in total. The van der Waals surface area contributed by atoms with Crippen LogP contribution in [0.3, 0.4) is 0 Å². The fourth-order valence-corrected chi connectivity index (χ4v) is 3.77. The van der Waals surface area contributed by atoms with E-state index in [2.05, 4.69) is 29.6 Å². The second-order valence-corrected chi connectivity index (χ2v) is 7.42. The lowest BCUT2D eigenvalue weighted by Gasteiger charge is -2.35. The van der Waals surface area contributed by atoms with E-state index in [0.717, 1.165) is 31.4 Å². The highest BCUT2D eigenvalue weighted by molar-refractivity contribution is 5.87. The Morgan fingerprint density at radius 1 is 1.04 bits per heavy atom. The van der Waals surface area contributed by atoms with Gasteiger partial charge in [0.15, 0.2) is 0 Å². The van der Waals surface area contributed by atoms with Crippen LogP contribution in [0.2, 0.25) is 0 Å². The summed E-state index contributed by atoms with van der Waals surface area (Å²) >= 11 is 0. The van der Waals surface area contributed by atoms with E-state index in [1.165, 1.54) is 11.1 Å². The number of nitrogens with zero attached hydrogens (tertiary/aromatic N) is 1. The van der Waals surface area contributed by atoms with Gasteiger partial charge in [0.25, 0.3) is 0 Å². The van der Waals surface area contributed by atoms with Crippen LogP contribution < -0.4 is 5.32 Å². The number of rotatable bonds is 6. The van der Waals surface area contributed by atoms with Crippen molar-refractivity contribution in [3.63, 3.8) is 0 Å². The normalized spacial score (nSPS) is 16.5. The Hall–Kier alpha value is -2.13. The molecular weight excluding hydrogens is 308 g/mol. The van der Waals surface area contributed by atoms with Crippen molar-refractivity contribution in [2.75, 3.05) is 20.6 Å². The molecule has 2 aromatic carbocycles. The number of nitrogens with one attached hydrogen (secondary N) is 1. The molecule has 0 heterocycles. The van der Waals surface area contributed by atoms with Gasteiger partial charge in [-0.1, -0.05) is 54.6 Å². The SMILES string of the molecule is CN(C)C(C)(C(=O)NCCC1Cc2ccccc2C1)c1ccccc1. The molecule has 1 aliphatic carbocycles. The van der Waals surface area contributed by atoms with Gasteiger partial charge in [-0.2, -0.15) is 0 Å². The fourth-order valence-electron chi connectivity index (χ4n) is 3.77. The van der Waals surface area contributed by atoms with Gasteiger partial charge in [-0.15, -0.1) is 0 Å². The number of benzene rings is 2. The van der Waals surface area contributed by atoms with Crippen LogP contribution in [-0.4, -0.2) is 31.4 Å². The molecule has 1 unspecified atom stereocenters. The summed E-state index contributed by atoms with van der Waals surface area (Å²) in [5, 5.41) is 3.18. The third-order valence-electron chi connectivity index (χ3n) is 5.65. The molecular formula is C22H28N2O. The molecule has 0 saturated carbocycles. The van der Waals surface area contributed by atoms with E-state index in [0.29, 0.717) is 5.92 Å². The highest BCUT2D eigenvalue weighted by Crippen LogP contribution is 2.29. The van der Waals surface area contributed by atoms with Crippen molar-refractivity contribution in [1.82, 2.24) is 10.2 Å². The minimum atomic E-state index is -0.653. The van der Waals surface area contributed by atoms with Gasteiger partial charge in [-0.25, -0.2) is 0 Å². The lowest BCUT2D eigenvalue weighted by atomic mass is 9.89. The monoisotopic (exact) mass is 336 g/mol. The largest absolute Gasteiger partial charge is 0.354 e. The van der Waals surface area contributed by atoms with Crippen LogP contribution in [0.25, 0.3) is 0 Å². The van der Waals surface area contributed by atoms with Crippen molar-refractivity contribution in [3.8, 4) is 0 Å². The first-order chi connectivity index (χ1) is 12.0. The summed E-state index contributed by atoms with van der Waals surface area (Å²) in [7, 11) is 3.92. The van der Waals surface area contributed by atoms with E-state index in [-0.39, 0.29) is 5.91 Å². The molecule has 25 heavy (non-hydrogen) atoms. The van der Waals surface area contributed by atoms with Crippen molar-refractivity contribution in [3.05, 3.63) is 71.3 Å². The predicted molar refractivity (Wildman–Crippen MR) is 102 cm³/mol. The summed E-state index contributed by atoms with van der Waals surface area (Å²) in [5.41, 5.74) is 3.31. The maximum atomic E-state index is 12.9. The van der Waals surface area contributed by atoms with Crippen molar-refractivity contribution < 1.29 is 4.79 Å².